The van der Waals surface area contributed by atoms with E-state index in [1.807, 2.05) is 4.90 Å². The molecule has 1 amide bonds. The van der Waals surface area contributed by atoms with Crippen molar-refractivity contribution in [3.8, 4) is 0 Å². The van der Waals surface area contributed by atoms with Crippen molar-refractivity contribution in [2.45, 2.75) is 45.1 Å². The van der Waals surface area contributed by atoms with Gasteiger partial charge in [-0.2, -0.15) is 0 Å². The molecule has 0 saturated heterocycles. The number of aliphatic carboxylic acids is 1. The van der Waals surface area contributed by atoms with E-state index in [-0.39, 0.29) is 12.3 Å². The first-order valence-electron chi connectivity index (χ1n) is 7.17. The summed E-state index contributed by atoms with van der Waals surface area (Å²) in [6, 6.07) is 2.07. The van der Waals surface area contributed by atoms with Crippen LogP contribution < -0.4 is 0 Å². The number of carboxylic acids is 1. The van der Waals surface area contributed by atoms with Crippen molar-refractivity contribution in [2.75, 3.05) is 6.54 Å². The average molecular weight is 293 g/mol. The Labute approximate surface area is 122 Å². The van der Waals surface area contributed by atoms with Crippen LogP contribution in [0.25, 0.3) is 0 Å². The molecule has 20 heavy (non-hydrogen) atoms. The zero-order valence-electron chi connectivity index (χ0n) is 11.4. The fraction of sp³-hybridized carbons (Fsp3) is 0.600. The van der Waals surface area contributed by atoms with Crippen LogP contribution in [0, 0.1) is 5.41 Å². The number of carboxylic acid groups (broad SMARTS) is 1. The molecule has 1 fully saturated rings. The van der Waals surface area contributed by atoms with E-state index in [4.69, 9.17) is 0 Å². The Morgan fingerprint density at radius 3 is 2.80 bits per heavy atom. The molecule has 2 heterocycles. The smallest absolute Gasteiger partial charge is 0.310 e. The second-order valence-corrected chi connectivity index (χ2v) is 6.90. The maximum Gasteiger partial charge on any atom is 0.310 e. The zero-order chi connectivity index (χ0) is 14.2. The number of carbonyl (C=O) groups is 2. The minimum atomic E-state index is -0.800. The molecular formula is C15H19NO3S. The van der Waals surface area contributed by atoms with Crippen LogP contribution >= 0.6 is 11.3 Å². The van der Waals surface area contributed by atoms with Crippen molar-refractivity contribution >= 4 is 23.2 Å². The fourth-order valence-electron chi connectivity index (χ4n) is 3.38. The summed E-state index contributed by atoms with van der Waals surface area (Å²) < 4.78 is 0. The molecule has 3 rings (SSSR count). The molecule has 0 bridgehead atoms. The second kappa shape index (κ2) is 5.20. The van der Waals surface area contributed by atoms with Gasteiger partial charge < -0.3 is 10.0 Å². The van der Waals surface area contributed by atoms with Crippen molar-refractivity contribution < 1.29 is 14.7 Å². The SMILES string of the molecule is O=C(CC1(C(=O)O)CCCC1)N1CCc2sccc2C1. The molecule has 1 N–H and O–H groups in total. The van der Waals surface area contributed by atoms with Crippen molar-refractivity contribution in [1.82, 2.24) is 4.90 Å². The van der Waals surface area contributed by atoms with Crippen LogP contribution in [-0.2, 0) is 22.6 Å². The van der Waals surface area contributed by atoms with Crippen LogP contribution in [-0.4, -0.2) is 28.4 Å². The van der Waals surface area contributed by atoms with Gasteiger partial charge in [-0.3, -0.25) is 9.59 Å². The third kappa shape index (κ3) is 2.35. The molecule has 0 radical (unpaired) electrons. The van der Waals surface area contributed by atoms with Crippen molar-refractivity contribution in [3.05, 3.63) is 21.9 Å². The van der Waals surface area contributed by atoms with Gasteiger partial charge in [0.25, 0.3) is 0 Å². The topological polar surface area (TPSA) is 57.6 Å². The number of fused-ring (bicyclic) bond motifs is 1. The molecule has 1 aliphatic carbocycles. The Hall–Kier alpha value is -1.36. The molecule has 108 valence electrons. The molecule has 4 nitrogen and oxygen atoms in total. The van der Waals surface area contributed by atoms with E-state index < -0.39 is 11.4 Å². The third-order valence-corrected chi connectivity index (χ3v) is 5.69. The minimum Gasteiger partial charge on any atom is -0.481 e. The van der Waals surface area contributed by atoms with Gasteiger partial charge in [0.15, 0.2) is 0 Å². The summed E-state index contributed by atoms with van der Waals surface area (Å²) in [4.78, 5) is 27.2. The number of amides is 1. The predicted octanol–water partition coefficient (Wildman–Crippen LogP) is 2.67. The largest absolute Gasteiger partial charge is 0.481 e. The van der Waals surface area contributed by atoms with Crippen molar-refractivity contribution in [3.63, 3.8) is 0 Å². The molecule has 0 unspecified atom stereocenters. The lowest BCUT2D eigenvalue weighted by molar-refractivity contribution is -0.153. The Morgan fingerprint density at radius 2 is 2.10 bits per heavy atom. The van der Waals surface area contributed by atoms with Crippen LogP contribution in [0.1, 0.15) is 42.5 Å². The summed E-state index contributed by atoms with van der Waals surface area (Å²) >= 11 is 1.74. The summed E-state index contributed by atoms with van der Waals surface area (Å²) in [7, 11) is 0. The highest BCUT2D eigenvalue weighted by molar-refractivity contribution is 7.10. The van der Waals surface area contributed by atoms with E-state index in [2.05, 4.69) is 11.4 Å². The molecule has 2 aliphatic rings. The molecule has 1 aromatic rings. The Bertz CT molecular complexity index is 531. The van der Waals surface area contributed by atoms with Gasteiger partial charge in [-0.1, -0.05) is 12.8 Å². The van der Waals surface area contributed by atoms with Gasteiger partial charge in [0, 0.05) is 24.4 Å². The highest BCUT2D eigenvalue weighted by Gasteiger charge is 2.44. The van der Waals surface area contributed by atoms with Crippen LogP contribution in [0.2, 0.25) is 0 Å². The molecule has 1 saturated carbocycles. The first-order chi connectivity index (χ1) is 9.61. The maximum absolute atomic E-state index is 12.5. The lowest BCUT2D eigenvalue weighted by Crippen LogP contribution is -2.40. The maximum atomic E-state index is 12.5. The summed E-state index contributed by atoms with van der Waals surface area (Å²) in [5, 5.41) is 11.5. The molecule has 1 aromatic heterocycles. The summed E-state index contributed by atoms with van der Waals surface area (Å²) in [5.41, 5.74) is 0.428. The minimum absolute atomic E-state index is 0.00569. The lowest BCUT2D eigenvalue weighted by atomic mass is 9.82. The Balaban J connectivity index is 1.69. The van der Waals surface area contributed by atoms with Gasteiger partial charge in [-0.15, -0.1) is 11.3 Å². The van der Waals surface area contributed by atoms with Crippen LogP contribution in [0.4, 0.5) is 0 Å². The first-order valence-corrected chi connectivity index (χ1v) is 8.05. The standard InChI is InChI=1S/C15H19NO3S/c17-13(9-15(14(18)19)5-1-2-6-15)16-7-3-12-11(10-16)4-8-20-12/h4,8H,1-3,5-7,9-10H2,(H,18,19). The number of hydrogen-bond donors (Lipinski definition) is 1. The van der Waals surface area contributed by atoms with E-state index in [0.29, 0.717) is 19.4 Å². The Kier molecular flexibility index (Phi) is 3.54. The zero-order valence-corrected chi connectivity index (χ0v) is 12.2. The normalized spacial score (nSPS) is 20.7. The van der Waals surface area contributed by atoms with E-state index in [1.54, 1.807) is 11.3 Å². The van der Waals surface area contributed by atoms with Gasteiger partial charge >= 0.3 is 5.97 Å². The van der Waals surface area contributed by atoms with E-state index in [9.17, 15) is 14.7 Å². The van der Waals surface area contributed by atoms with E-state index >= 15 is 0 Å². The monoisotopic (exact) mass is 293 g/mol. The lowest BCUT2D eigenvalue weighted by Gasteiger charge is -2.31. The molecule has 0 spiro atoms. The first kappa shape index (κ1) is 13.6. The van der Waals surface area contributed by atoms with E-state index in [0.717, 1.165) is 25.8 Å². The van der Waals surface area contributed by atoms with Gasteiger partial charge in [0.05, 0.1) is 5.41 Å². The van der Waals surface area contributed by atoms with Crippen LogP contribution in [0.5, 0.6) is 0 Å². The molecular weight excluding hydrogens is 274 g/mol. The average Bonchev–Trinajstić information content (AvgIpc) is 3.06. The third-order valence-electron chi connectivity index (χ3n) is 4.66. The van der Waals surface area contributed by atoms with Gasteiger partial charge in [0.2, 0.25) is 5.91 Å². The molecule has 1 aliphatic heterocycles. The number of carbonyl (C=O) groups excluding carboxylic acids is 1. The van der Waals surface area contributed by atoms with Crippen molar-refractivity contribution in [2.24, 2.45) is 5.41 Å². The molecule has 0 aromatic carbocycles. The van der Waals surface area contributed by atoms with Crippen LogP contribution in [0.15, 0.2) is 11.4 Å². The summed E-state index contributed by atoms with van der Waals surface area (Å²) in [6.45, 7) is 1.37. The fourth-order valence-corrected chi connectivity index (χ4v) is 4.27. The number of hydrogen-bond acceptors (Lipinski definition) is 3. The number of rotatable bonds is 3. The number of thiophene rings is 1. The highest BCUT2D eigenvalue weighted by atomic mass is 32.1. The Morgan fingerprint density at radius 1 is 1.35 bits per heavy atom. The summed E-state index contributed by atoms with van der Waals surface area (Å²) in [6.07, 6.45) is 4.21. The van der Waals surface area contributed by atoms with Crippen molar-refractivity contribution in [1.29, 1.82) is 0 Å². The van der Waals surface area contributed by atoms with Gasteiger partial charge in [-0.25, -0.2) is 0 Å². The van der Waals surface area contributed by atoms with Gasteiger partial charge in [0.1, 0.15) is 0 Å². The van der Waals surface area contributed by atoms with Crippen LogP contribution in [0.3, 0.4) is 0 Å². The van der Waals surface area contributed by atoms with E-state index in [1.165, 1.54) is 10.4 Å². The molecule has 5 heteroatoms. The quantitative estimate of drug-likeness (QED) is 0.932. The number of nitrogens with zero attached hydrogens (tertiary/aromatic N) is 1. The highest BCUT2D eigenvalue weighted by Crippen LogP contribution is 2.42. The predicted molar refractivity (Wildman–Crippen MR) is 76.6 cm³/mol. The summed E-state index contributed by atoms with van der Waals surface area (Å²) in [5.74, 6) is -0.789. The van der Waals surface area contributed by atoms with Gasteiger partial charge in [-0.05, 0) is 36.3 Å². The second-order valence-electron chi connectivity index (χ2n) is 5.90. The molecule has 0 atom stereocenters.